The van der Waals surface area contributed by atoms with E-state index in [1.165, 1.54) is 23.3 Å². The molecule has 4 rings (SSSR count). The van der Waals surface area contributed by atoms with E-state index in [0.717, 1.165) is 38.2 Å². The largest absolute Gasteiger partial charge is 0.305 e. The molecule has 0 unspecified atom stereocenters. The number of halogens is 1. The normalized spacial score (nSPS) is 15.1. The van der Waals surface area contributed by atoms with Crippen molar-refractivity contribution in [1.29, 1.82) is 0 Å². The highest BCUT2D eigenvalue weighted by Crippen LogP contribution is 2.27. The van der Waals surface area contributed by atoms with Gasteiger partial charge in [0.1, 0.15) is 5.82 Å². The van der Waals surface area contributed by atoms with Crippen molar-refractivity contribution >= 4 is 11.6 Å². The molecule has 0 aromatic heterocycles. The van der Waals surface area contributed by atoms with Crippen LogP contribution in [-0.4, -0.2) is 29.9 Å². The minimum atomic E-state index is -0.331. The lowest BCUT2D eigenvalue weighted by Crippen LogP contribution is -2.47. The van der Waals surface area contributed by atoms with Crippen LogP contribution in [0, 0.1) is 5.82 Å². The van der Waals surface area contributed by atoms with E-state index in [9.17, 15) is 9.18 Å². The molecular formula is C28H31FN2O. The van der Waals surface area contributed by atoms with Crippen molar-refractivity contribution in [3.05, 3.63) is 101 Å². The molecule has 0 spiro atoms. The van der Waals surface area contributed by atoms with E-state index < -0.39 is 0 Å². The number of amides is 1. The summed E-state index contributed by atoms with van der Waals surface area (Å²) in [6, 6.07) is 24.7. The molecule has 32 heavy (non-hydrogen) atoms. The van der Waals surface area contributed by atoms with Gasteiger partial charge in [-0.3, -0.25) is 9.69 Å². The van der Waals surface area contributed by atoms with E-state index in [0.29, 0.717) is 11.5 Å². The summed E-state index contributed by atoms with van der Waals surface area (Å²) in [5, 5.41) is 0. The maximum Gasteiger partial charge on any atom is 0.258 e. The lowest BCUT2D eigenvalue weighted by molar-refractivity contribution is 0.0958. The number of benzene rings is 3. The van der Waals surface area contributed by atoms with E-state index in [1.807, 2.05) is 35.2 Å². The Kier molecular flexibility index (Phi) is 7.01. The van der Waals surface area contributed by atoms with Crippen LogP contribution in [0.3, 0.4) is 0 Å². The lowest BCUT2D eigenvalue weighted by atomic mass is 9.99. The van der Waals surface area contributed by atoms with Crippen molar-refractivity contribution in [2.45, 2.75) is 45.2 Å². The van der Waals surface area contributed by atoms with Gasteiger partial charge in [-0.05, 0) is 66.3 Å². The van der Waals surface area contributed by atoms with Gasteiger partial charge in [0.05, 0.1) is 0 Å². The molecule has 0 bridgehead atoms. The standard InChI is InChI=1S/C28H31FN2O/c1-21(2)23-10-8-22(9-11-23)20-30-18-16-27(17-19-30)31(26-6-4-3-5-7-26)28(32)24-12-14-25(29)15-13-24/h3-15,21,27H,16-20H2,1-2H3. The monoisotopic (exact) mass is 430 g/mol. The number of hydrogen-bond acceptors (Lipinski definition) is 2. The smallest absolute Gasteiger partial charge is 0.258 e. The van der Waals surface area contributed by atoms with Crippen molar-refractivity contribution in [3.63, 3.8) is 0 Å². The predicted molar refractivity (Wildman–Crippen MR) is 128 cm³/mol. The molecule has 4 heteroatoms. The van der Waals surface area contributed by atoms with Gasteiger partial charge >= 0.3 is 0 Å². The first-order valence-electron chi connectivity index (χ1n) is 11.5. The first kappa shape index (κ1) is 22.2. The Morgan fingerprint density at radius 2 is 1.56 bits per heavy atom. The average molecular weight is 431 g/mol. The topological polar surface area (TPSA) is 23.6 Å². The van der Waals surface area contributed by atoms with Gasteiger partial charge in [-0.1, -0.05) is 56.3 Å². The van der Waals surface area contributed by atoms with Crippen molar-refractivity contribution in [1.82, 2.24) is 4.90 Å². The number of hydrogen-bond donors (Lipinski definition) is 0. The molecule has 1 heterocycles. The summed E-state index contributed by atoms with van der Waals surface area (Å²) in [6.07, 6.45) is 1.82. The molecular weight excluding hydrogens is 399 g/mol. The number of nitrogens with zero attached hydrogens (tertiary/aromatic N) is 2. The van der Waals surface area contributed by atoms with Crippen LogP contribution < -0.4 is 4.90 Å². The molecule has 1 saturated heterocycles. The molecule has 1 fully saturated rings. The lowest BCUT2D eigenvalue weighted by Gasteiger charge is -2.38. The fourth-order valence-corrected chi connectivity index (χ4v) is 4.42. The molecule has 0 radical (unpaired) electrons. The first-order valence-corrected chi connectivity index (χ1v) is 11.5. The molecule has 1 aliphatic rings. The summed E-state index contributed by atoms with van der Waals surface area (Å²) in [4.78, 5) is 17.8. The van der Waals surface area contributed by atoms with Crippen LogP contribution in [0.2, 0.25) is 0 Å². The van der Waals surface area contributed by atoms with Gasteiger partial charge in [0.25, 0.3) is 5.91 Å². The molecule has 1 aliphatic heterocycles. The van der Waals surface area contributed by atoms with Crippen LogP contribution in [0.1, 0.15) is 54.1 Å². The summed E-state index contributed by atoms with van der Waals surface area (Å²) >= 11 is 0. The Morgan fingerprint density at radius 3 is 2.16 bits per heavy atom. The second-order valence-corrected chi connectivity index (χ2v) is 8.92. The zero-order valence-electron chi connectivity index (χ0n) is 18.9. The average Bonchev–Trinajstić information content (AvgIpc) is 2.82. The summed E-state index contributed by atoms with van der Waals surface area (Å²) < 4.78 is 13.4. The highest BCUT2D eigenvalue weighted by Gasteiger charge is 2.29. The molecule has 1 amide bonds. The number of carbonyl (C=O) groups excluding carboxylic acids is 1. The van der Waals surface area contributed by atoms with Gasteiger partial charge in [-0.15, -0.1) is 0 Å². The molecule has 0 atom stereocenters. The second-order valence-electron chi connectivity index (χ2n) is 8.92. The van der Waals surface area contributed by atoms with Gasteiger partial charge in [0.15, 0.2) is 0 Å². The number of rotatable bonds is 6. The van der Waals surface area contributed by atoms with E-state index in [-0.39, 0.29) is 17.8 Å². The third-order valence-electron chi connectivity index (χ3n) is 6.32. The molecule has 3 nitrogen and oxygen atoms in total. The van der Waals surface area contributed by atoms with Crippen molar-refractivity contribution in [3.8, 4) is 0 Å². The molecule has 0 N–H and O–H groups in total. The highest BCUT2D eigenvalue weighted by atomic mass is 19.1. The van der Waals surface area contributed by atoms with Crippen LogP contribution in [0.5, 0.6) is 0 Å². The van der Waals surface area contributed by atoms with Gasteiger partial charge in [0.2, 0.25) is 0 Å². The molecule has 3 aromatic rings. The van der Waals surface area contributed by atoms with Crippen LogP contribution in [0.25, 0.3) is 0 Å². The summed E-state index contributed by atoms with van der Waals surface area (Å²) in [7, 11) is 0. The molecule has 0 saturated carbocycles. The van der Waals surface area contributed by atoms with Crippen LogP contribution >= 0.6 is 0 Å². The third-order valence-corrected chi connectivity index (χ3v) is 6.32. The number of piperidine rings is 1. The second kappa shape index (κ2) is 10.1. The van der Waals surface area contributed by atoms with Gasteiger partial charge in [0, 0.05) is 36.9 Å². The van der Waals surface area contributed by atoms with E-state index in [1.54, 1.807) is 12.1 Å². The zero-order valence-corrected chi connectivity index (χ0v) is 18.9. The van der Waals surface area contributed by atoms with Crippen molar-refractivity contribution in [2.24, 2.45) is 0 Å². The third kappa shape index (κ3) is 5.25. The quantitative estimate of drug-likeness (QED) is 0.461. The maximum atomic E-state index is 13.4. The first-order chi connectivity index (χ1) is 15.5. The van der Waals surface area contributed by atoms with Crippen LogP contribution in [0.4, 0.5) is 10.1 Å². The summed E-state index contributed by atoms with van der Waals surface area (Å²) in [5.74, 6) is 0.142. The number of anilines is 1. The van der Waals surface area contributed by atoms with Crippen molar-refractivity contribution < 1.29 is 9.18 Å². The van der Waals surface area contributed by atoms with Gasteiger partial charge in [-0.25, -0.2) is 4.39 Å². The molecule has 166 valence electrons. The van der Waals surface area contributed by atoms with E-state index in [4.69, 9.17) is 0 Å². The fraction of sp³-hybridized carbons (Fsp3) is 0.321. The number of likely N-dealkylation sites (tertiary alicyclic amines) is 1. The number of para-hydroxylation sites is 1. The predicted octanol–water partition coefficient (Wildman–Crippen LogP) is 6.26. The van der Waals surface area contributed by atoms with Crippen LogP contribution in [0.15, 0.2) is 78.9 Å². The highest BCUT2D eigenvalue weighted by molar-refractivity contribution is 6.06. The van der Waals surface area contributed by atoms with Gasteiger partial charge in [-0.2, -0.15) is 0 Å². The van der Waals surface area contributed by atoms with Crippen LogP contribution in [-0.2, 0) is 6.54 Å². The SMILES string of the molecule is CC(C)c1ccc(CN2CCC(N(C(=O)c3ccc(F)cc3)c3ccccc3)CC2)cc1. The Hall–Kier alpha value is -2.98. The molecule has 0 aliphatic carbocycles. The summed E-state index contributed by atoms with van der Waals surface area (Å²) in [6.45, 7) is 7.24. The maximum absolute atomic E-state index is 13.4. The Balaban J connectivity index is 1.45. The number of carbonyl (C=O) groups is 1. The van der Waals surface area contributed by atoms with Crippen molar-refractivity contribution in [2.75, 3.05) is 18.0 Å². The Morgan fingerprint density at radius 1 is 0.938 bits per heavy atom. The Bertz CT molecular complexity index is 1010. The van der Waals surface area contributed by atoms with E-state index in [2.05, 4.69) is 43.0 Å². The Labute approximate surface area is 190 Å². The van der Waals surface area contributed by atoms with Gasteiger partial charge < -0.3 is 4.90 Å². The molecule has 3 aromatic carbocycles. The fourth-order valence-electron chi connectivity index (χ4n) is 4.42. The minimum Gasteiger partial charge on any atom is -0.305 e. The van der Waals surface area contributed by atoms with E-state index >= 15 is 0 Å². The zero-order chi connectivity index (χ0) is 22.5. The minimum absolute atomic E-state index is 0.0704. The summed E-state index contributed by atoms with van der Waals surface area (Å²) in [5.41, 5.74) is 4.10.